The van der Waals surface area contributed by atoms with E-state index in [0.29, 0.717) is 0 Å². The lowest BCUT2D eigenvalue weighted by atomic mass is 9.86. The summed E-state index contributed by atoms with van der Waals surface area (Å²) in [6.07, 6.45) is 0. The van der Waals surface area contributed by atoms with Crippen molar-refractivity contribution in [3.8, 4) is 11.1 Å². The Morgan fingerprint density at radius 2 is 0.634 bits per heavy atom. The first-order valence-electron chi connectivity index (χ1n) is 26.2. The Morgan fingerprint density at radius 3 is 0.986 bits per heavy atom. The van der Waals surface area contributed by atoms with Gasteiger partial charge in [-0.05, 0) is 167 Å². The normalized spacial score (nSPS) is 14.2. The van der Waals surface area contributed by atoms with Crippen LogP contribution in [0.1, 0.15) is 116 Å². The average Bonchev–Trinajstić information content (AvgIpc) is 3.59. The molecule has 1 aliphatic carbocycles. The summed E-state index contributed by atoms with van der Waals surface area (Å²) < 4.78 is -0.0492. The average molecular weight is 970 g/mol. The monoisotopic (exact) mass is 969 g/mol. The van der Waals surface area contributed by atoms with Crippen LogP contribution < -0.4 is 9.80 Å². The first kappa shape index (κ1) is 50.3. The van der Waals surface area contributed by atoms with E-state index >= 15 is 0 Å². The van der Waals surface area contributed by atoms with Gasteiger partial charge < -0.3 is 9.80 Å². The number of hydrogen-bond acceptors (Lipinski definition) is 2. The molecule has 0 saturated carbocycles. The van der Waals surface area contributed by atoms with Crippen molar-refractivity contribution in [2.24, 2.45) is 0 Å². The van der Waals surface area contributed by atoms with Crippen molar-refractivity contribution in [1.82, 2.24) is 0 Å². The summed E-state index contributed by atoms with van der Waals surface area (Å²) in [7, 11) is -4.08. The van der Waals surface area contributed by atoms with E-state index in [9.17, 15) is 0 Å². The van der Waals surface area contributed by atoms with Crippen LogP contribution in [-0.4, -0.2) is 16.1 Å². The number of benzene rings is 8. The topological polar surface area (TPSA) is 6.48 Å². The fraction of sp³-hybridized carbons (Fsp3) is 0.343. The molecule has 0 fully saturated rings. The molecule has 0 aromatic heterocycles. The third kappa shape index (κ3) is 8.92. The molecule has 0 saturated heterocycles. The molecule has 0 radical (unpaired) electrons. The van der Waals surface area contributed by atoms with Crippen LogP contribution in [0.25, 0.3) is 32.7 Å². The molecular formula is C67H80N2Si2. The Morgan fingerprint density at radius 1 is 0.310 bits per heavy atom. The number of anilines is 6. The van der Waals surface area contributed by atoms with Gasteiger partial charge in [-0.3, -0.25) is 0 Å². The molecule has 0 heterocycles. The van der Waals surface area contributed by atoms with Crippen LogP contribution >= 0.6 is 0 Å². The lowest BCUT2D eigenvalue weighted by molar-refractivity contribution is 0.590. The first-order chi connectivity index (χ1) is 33.0. The van der Waals surface area contributed by atoms with Gasteiger partial charge in [0, 0.05) is 38.8 Å². The van der Waals surface area contributed by atoms with Crippen molar-refractivity contribution >= 4 is 71.8 Å². The lowest BCUT2D eigenvalue weighted by Gasteiger charge is -2.51. The molecule has 0 atom stereocenters. The molecule has 0 aliphatic heterocycles. The van der Waals surface area contributed by atoms with E-state index in [-0.39, 0.29) is 26.3 Å². The van der Waals surface area contributed by atoms with E-state index in [1.54, 1.807) is 11.1 Å². The third-order valence-electron chi connectivity index (χ3n) is 15.8. The Bertz CT molecular complexity index is 3130. The quantitative estimate of drug-likeness (QED) is 0.140. The minimum atomic E-state index is -2.04. The van der Waals surface area contributed by atoms with Crippen LogP contribution in [0.3, 0.4) is 0 Å². The molecule has 71 heavy (non-hydrogen) atoms. The molecule has 0 bridgehead atoms. The van der Waals surface area contributed by atoms with E-state index in [1.807, 2.05) is 0 Å². The fourth-order valence-corrected chi connectivity index (χ4v) is 25.3. The van der Waals surface area contributed by atoms with Crippen LogP contribution in [0.4, 0.5) is 34.1 Å². The Hall–Kier alpha value is -5.69. The molecule has 8 aromatic rings. The van der Waals surface area contributed by atoms with Gasteiger partial charge in [0.25, 0.3) is 0 Å². The molecule has 4 heteroatoms. The molecular weight excluding hydrogens is 889 g/mol. The number of hydrogen-bond donors (Lipinski definition) is 0. The summed E-state index contributed by atoms with van der Waals surface area (Å²) in [4.78, 5) is 4.91. The van der Waals surface area contributed by atoms with E-state index < -0.39 is 16.1 Å². The van der Waals surface area contributed by atoms with Crippen LogP contribution in [0.2, 0.25) is 39.3 Å². The van der Waals surface area contributed by atoms with Crippen LogP contribution in [-0.2, 0) is 26.3 Å². The molecule has 0 amide bonds. The number of rotatable bonds is 8. The minimum absolute atomic E-state index is 0.0492. The third-order valence-corrected chi connectivity index (χ3v) is 25.8. The van der Waals surface area contributed by atoms with Gasteiger partial charge in [0.05, 0.1) is 16.1 Å². The second-order valence-electron chi connectivity index (χ2n) is 26.9. The summed E-state index contributed by atoms with van der Waals surface area (Å²) in [5.41, 5.74) is 18.6. The second kappa shape index (κ2) is 17.2. The van der Waals surface area contributed by atoms with Crippen molar-refractivity contribution in [3.05, 3.63) is 191 Å². The standard InChI is InChI=1S/C67H80N2Si2/c1-63(2,3)48-21-30-52(31-22-48)68(53-32-23-49(24-33-53)64(4,5)6)56-29-19-45-43-60-59-39-20-46-41-57(38-40-58(46)62(59)67(70(13,14)15,71(16,17)18)61(60)44-47(45)42-56)69(54-34-25-50(26-35-54)65(7,8)9)55-36-27-51(28-37-55)66(10,11)12/h19-44H,1-18H3. The van der Waals surface area contributed by atoms with Gasteiger partial charge in [-0.1, -0.05) is 201 Å². The summed E-state index contributed by atoms with van der Waals surface area (Å²) in [6, 6.07) is 61.6. The van der Waals surface area contributed by atoms with Gasteiger partial charge in [0.1, 0.15) is 0 Å². The maximum Gasteiger partial charge on any atom is 0.0579 e. The zero-order valence-electron chi connectivity index (χ0n) is 46.4. The Balaban J connectivity index is 1.22. The maximum atomic E-state index is 2.65. The molecule has 366 valence electrons. The molecule has 0 unspecified atom stereocenters. The van der Waals surface area contributed by atoms with Crippen molar-refractivity contribution < 1.29 is 0 Å². The number of fused-ring (bicyclic) bond motifs is 6. The molecule has 1 aliphatic rings. The lowest BCUT2D eigenvalue weighted by Crippen LogP contribution is -2.63. The first-order valence-corrected chi connectivity index (χ1v) is 33.2. The van der Waals surface area contributed by atoms with E-state index in [4.69, 9.17) is 0 Å². The predicted octanol–water partition coefficient (Wildman–Crippen LogP) is 20.1. The van der Waals surface area contributed by atoms with Crippen LogP contribution in [0, 0.1) is 0 Å². The van der Waals surface area contributed by atoms with Crippen LogP contribution in [0.15, 0.2) is 158 Å². The van der Waals surface area contributed by atoms with E-state index in [2.05, 4.69) is 290 Å². The summed E-state index contributed by atoms with van der Waals surface area (Å²) in [5.74, 6) is 0. The van der Waals surface area contributed by atoms with Gasteiger partial charge >= 0.3 is 0 Å². The van der Waals surface area contributed by atoms with Gasteiger partial charge in [-0.2, -0.15) is 0 Å². The van der Waals surface area contributed by atoms with Crippen molar-refractivity contribution in [2.75, 3.05) is 9.80 Å². The summed E-state index contributed by atoms with van der Waals surface area (Å²) in [5, 5.41) is 5.28. The highest BCUT2D eigenvalue weighted by atomic mass is 28.4. The zero-order valence-corrected chi connectivity index (χ0v) is 48.4. The smallest absolute Gasteiger partial charge is 0.0579 e. The molecule has 0 spiro atoms. The highest BCUT2D eigenvalue weighted by Gasteiger charge is 2.59. The maximum absolute atomic E-state index is 2.65. The molecule has 9 rings (SSSR count). The minimum Gasteiger partial charge on any atom is -0.310 e. The van der Waals surface area contributed by atoms with Gasteiger partial charge in [0.2, 0.25) is 0 Å². The van der Waals surface area contributed by atoms with Crippen molar-refractivity contribution in [1.29, 1.82) is 0 Å². The van der Waals surface area contributed by atoms with Crippen LogP contribution in [0.5, 0.6) is 0 Å². The Kier molecular flexibility index (Phi) is 12.2. The molecule has 2 nitrogen and oxygen atoms in total. The molecule has 8 aromatic carbocycles. The second-order valence-corrected chi connectivity index (χ2v) is 37.9. The highest BCUT2D eigenvalue weighted by Crippen LogP contribution is 2.60. The number of nitrogens with zero attached hydrogens (tertiary/aromatic N) is 2. The molecule has 0 N–H and O–H groups in total. The van der Waals surface area contributed by atoms with Crippen molar-refractivity contribution in [3.63, 3.8) is 0 Å². The van der Waals surface area contributed by atoms with Gasteiger partial charge in [-0.25, -0.2) is 0 Å². The summed E-state index contributed by atoms with van der Waals surface area (Å²) >= 11 is 0. The largest absolute Gasteiger partial charge is 0.310 e. The zero-order chi connectivity index (χ0) is 51.4. The van der Waals surface area contributed by atoms with E-state index in [1.165, 1.54) is 89.0 Å². The van der Waals surface area contributed by atoms with Crippen molar-refractivity contribution in [2.45, 2.75) is 149 Å². The van der Waals surface area contributed by atoms with Gasteiger partial charge in [-0.15, -0.1) is 0 Å². The Labute approximate surface area is 430 Å². The fourth-order valence-electron chi connectivity index (χ4n) is 12.2. The van der Waals surface area contributed by atoms with E-state index in [0.717, 1.165) is 0 Å². The summed E-state index contributed by atoms with van der Waals surface area (Å²) in [6.45, 7) is 43.4. The predicted molar refractivity (Wildman–Crippen MR) is 319 cm³/mol. The highest BCUT2D eigenvalue weighted by molar-refractivity contribution is 7.00. The van der Waals surface area contributed by atoms with Gasteiger partial charge in [0.15, 0.2) is 0 Å². The SMILES string of the molecule is CC(C)(C)c1ccc(N(c2ccc(C(C)(C)C)cc2)c2ccc3cc4c(cc3c2)C([Si](C)(C)C)([Si](C)(C)C)c2c-4ccc3cc(N(c4ccc(C(C)(C)C)cc4)c4ccc(C(C)(C)C)cc4)ccc23)cc1.